The summed E-state index contributed by atoms with van der Waals surface area (Å²) in [6.07, 6.45) is 3.31. The van der Waals surface area contributed by atoms with E-state index in [0.717, 1.165) is 49.5 Å². The van der Waals surface area contributed by atoms with E-state index in [2.05, 4.69) is 44.7 Å². The van der Waals surface area contributed by atoms with Crippen molar-refractivity contribution in [2.24, 2.45) is 5.92 Å². The molecule has 0 bridgehead atoms. The molecule has 1 amide bonds. The van der Waals surface area contributed by atoms with E-state index in [4.69, 9.17) is 0 Å². The highest BCUT2D eigenvalue weighted by molar-refractivity contribution is 5.75. The Balaban J connectivity index is 1.54. The zero-order valence-corrected chi connectivity index (χ0v) is 18.9. The summed E-state index contributed by atoms with van der Waals surface area (Å²) in [5.41, 5.74) is 0.907. The van der Waals surface area contributed by atoms with E-state index in [-0.39, 0.29) is 11.7 Å². The molecule has 1 saturated heterocycles. The number of tetrazole rings is 1. The minimum atomic E-state index is -0.525. The second-order valence-electron chi connectivity index (χ2n) is 9.06. The summed E-state index contributed by atoms with van der Waals surface area (Å²) >= 11 is 0. The van der Waals surface area contributed by atoms with Crippen LogP contribution in [0.5, 0.6) is 0 Å². The fraction of sp³-hybridized carbons (Fsp3) is 0.591. The van der Waals surface area contributed by atoms with Gasteiger partial charge in [-0.15, -0.1) is 5.10 Å². The van der Waals surface area contributed by atoms with Crippen molar-refractivity contribution in [1.29, 1.82) is 0 Å². The Bertz CT molecular complexity index is 1080. The van der Waals surface area contributed by atoms with Gasteiger partial charge >= 0.3 is 0 Å². The lowest BCUT2D eigenvalue weighted by atomic mass is 9.87. The lowest BCUT2D eigenvalue weighted by molar-refractivity contribution is -0.131. The molecule has 1 aromatic carbocycles. The van der Waals surface area contributed by atoms with Crippen LogP contribution in [0, 0.1) is 11.7 Å². The summed E-state index contributed by atoms with van der Waals surface area (Å²) in [5, 5.41) is 16.3. The van der Waals surface area contributed by atoms with Gasteiger partial charge in [0.05, 0.1) is 16.6 Å². The second-order valence-corrected chi connectivity index (χ2v) is 9.06. The topological polar surface area (TPSA) is 105 Å². The first kappa shape index (κ1) is 22.3. The summed E-state index contributed by atoms with van der Waals surface area (Å²) in [7, 11) is 0. The van der Waals surface area contributed by atoms with Crippen molar-refractivity contribution in [1.82, 2.24) is 40.4 Å². The zero-order chi connectivity index (χ0) is 22.7. The molecule has 1 atom stereocenters. The molecule has 2 aromatic heterocycles. The van der Waals surface area contributed by atoms with Crippen LogP contribution in [0.4, 0.5) is 4.39 Å². The van der Waals surface area contributed by atoms with Crippen LogP contribution in [0.15, 0.2) is 18.2 Å². The molecular weight excluding hydrogens is 411 g/mol. The van der Waals surface area contributed by atoms with E-state index in [9.17, 15) is 9.18 Å². The van der Waals surface area contributed by atoms with Gasteiger partial charge in [-0.3, -0.25) is 4.79 Å². The normalized spacial score (nSPS) is 19.2. The molecule has 4 rings (SSSR count). The Morgan fingerprint density at radius 2 is 2.22 bits per heavy atom. The number of aromatic amines is 1. The first-order valence-electron chi connectivity index (χ1n) is 11.3. The van der Waals surface area contributed by atoms with Gasteiger partial charge < -0.3 is 15.2 Å². The lowest BCUT2D eigenvalue weighted by Crippen LogP contribution is -2.57. The molecule has 0 aliphatic carbocycles. The maximum Gasteiger partial charge on any atom is 0.219 e. The van der Waals surface area contributed by atoms with Crippen molar-refractivity contribution in [3.63, 3.8) is 0 Å². The zero-order valence-electron chi connectivity index (χ0n) is 18.9. The van der Waals surface area contributed by atoms with Crippen molar-refractivity contribution in [2.45, 2.75) is 58.5 Å². The maximum absolute atomic E-state index is 13.5. The third-order valence-corrected chi connectivity index (χ3v) is 6.13. The quantitative estimate of drug-likeness (QED) is 0.555. The standard InChI is InChI=1S/C22H31FN8O/c1-15(2)8-12-31-21(27-28-29-31)22(9-4-11-30(14-22)16(3)32)24-10-7-20-25-18-6-5-17(23)13-19(18)26-20/h5-6,13,15,24H,4,7-12,14H2,1-3H3,(H,25,26). The smallest absolute Gasteiger partial charge is 0.219 e. The second kappa shape index (κ2) is 9.32. The van der Waals surface area contributed by atoms with Gasteiger partial charge in [-0.25, -0.2) is 14.1 Å². The Hall–Kier alpha value is -2.88. The van der Waals surface area contributed by atoms with Crippen molar-refractivity contribution < 1.29 is 9.18 Å². The van der Waals surface area contributed by atoms with Crippen molar-refractivity contribution in [3.05, 3.63) is 35.7 Å². The molecule has 1 unspecified atom stereocenters. The number of halogens is 1. The molecule has 32 heavy (non-hydrogen) atoms. The third kappa shape index (κ3) is 4.79. The Kier molecular flexibility index (Phi) is 6.50. The first-order chi connectivity index (χ1) is 15.4. The summed E-state index contributed by atoms with van der Waals surface area (Å²) in [4.78, 5) is 21.8. The van der Waals surface area contributed by atoms with Gasteiger partial charge in [-0.2, -0.15) is 0 Å². The van der Waals surface area contributed by atoms with Crippen LogP contribution in [-0.4, -0.2) is 60.6 Å². The van der Waals surface area contributed by atoms with Crippen LogP contribution in [0.3, 0.4) is 0 Å². The Labute approximate surface area is 186 Å². The van der Waals surface area contributed by atoms with Crippen molar-refractivity contribution in [2.75, 3.05) is 19.6 Å². The van der Waals surface area contributed by atoms with Gasteiger partial charge in [0.1, 0.15) is 11.6 Å². The predicted octanol–water partition coefficient (Wildman–Crippen LogP) is 2.40. The number of amides is 1. The fourth-order valence-electron chi connectivity index (χ4n) is 4.38. The van der Waals surface area contributed by atoms with Crippen LogP contribution in [0.2, 0.25) is 0 Å². The minimum Gasteiger partial charge on any atom is -0.342 e. The number of likely N-dealkylation sites (tertiary alicyclic amines) is 1. The fourth-order valence-corrected chi connectivity index (χ4v) is 4.38. The summed E-state index contributed by atoms with van der Waals surface area (Å²) in [6, 6.07) is 4.54. The van der Waals surface area contributed by atoms with Crippen molar-refractivity contribution in [3.8, 4) is 0 Å². The molecule has 10 heteroatoms. The molecule has 0 saturated carbocycles. The van der Waals surface area contributed by atoms with E-state index >= 15 is 0 Å². The Morgan fingerprint density at radius 3 is 3.00 bits per heavy atom. The third-order valence-electron chi connectivity index (χ3n) is 6.13. The van der Waals surface area contributed by atoms with E-state index in [1.165, 1.54) is 12.1 Å². The van der Waals surface area contributed by atoms with Gasteiger partial charge in [0.15, 0.2) is 5.82 Å². The number of hydrogen-bond acceptors (Lipinski definition) is 6. The minimum absolute atomic E-state index is 0.0522. The largest absolute Gasteiger partial charge is 0.342 e. The number of nitrogens with zero attached hydrogens (tertiary/aromatic N) is 6. The van der Waals surface area contributed by atoms with Crippen LogP contribution >= 0.6 is 0 Å². The molecule has 1 aliphatic rings. The number of benzene rings is 1. The molecule has 0 spiro atoms. The molecule has 0 radical (unpaired) electrons. The Morgan fingerprint density at radius 1 is 1.38 bits per heavy atom. The number of hydrogen-bond donors (Lipinski definition) is 2. The van der Waals surface area contributed by atoms with Gasteiger partial charge in [0, 0.05) is 39.5 Å². The van der Waals surface area contributed by atoms with E-state index in [1.807, 2.05) is 9.58 Å². The van der Waals surface area contributed by atoms with E-state index in [0.29, 0.717) is 30.9 Å². The number of rotatable bonds is 8. The number of imidazole rings is 1. The van der Waals surface area contributed by atoms with Crippen LogP contribution in [-0.2, 0) is 23.3 Å². The monoisotopic (exact) mass is 442 g/mol. The lowest BCUT2D eigenvalue weighted by Gasteiger charge is -2.42. The average Bonchev–Trinajstić information content (AvgIpc) is 3.39. The highest BCUT2D eigenvalue weighted by Gasteiger charge is 2.42. The molecule has 1 aliphatic heterocycles. The summed E-state index contributed by atoms with van der Waals surface area (Å²) in [5.74, 6) is 1.86. The first-order valence-corrected chi connectivity index (χ1v) is 11.3. The SMILES string of the molecule is CC(=O)N1CCCC(NCCc2nc3ccc(F)cc3[nH]2)(c2nnnn2CCC(C)C)C1. The highest BCUT2D eigenvalue weighted by Crippen LogP contribution is 2.30. The maximum atomic E-state index is 13.5. The predicted molar refractivity (Wildman–Crippen MR) is 118 cm³/mol. The van der Waals surface area contributed by atoms with Gasteiger partial charge in [-0.05, 0) is 53.8 Å². The van der Waals surface area contributed by atoms with Crippen molar-refractivity contribution >= 4 is 16.9 Å². The number of carbonyl (C=O) groups excluding carboxylic acids is 1. The molecule has 3 heterocycles. The van der Waals surface area contributed by atoms with Gasteiger partial charge in [0.25, 0.3) is 0 Å². The van der Waals surface area contributed by atoms with Gasteiger partial charge in [-0.1, -0.05) is 13.8 Å². The van der Waals surface area contributed by atoms with Crippen LogP contribution < -0.4 is 5.32 Å². The number of aryl methyl sites for hydroxylation is 1. The molecule has 1 fully saturated rings. The van der Waals surface area contributed by atoms with Gasteiger partial charge in [0.2, 0.25) is 5.91 Å². The number of fused-ring (bicyclic) bond motifs is 1. The number of aromatic nitrogens is 6. The van der Waals surface area contributed by atoms with Crippen LogP contribution in [0.1, 0.15) is 51.7 Å². The summed E-state index contributed by atoms with van der Waals surface area (Å²) in [6.45, 7) is 8.57. The average molecular weight is 443 g/mol. The number of nitrogens with one attached hydrogen (secondary N) is 2. The molecule has 2 N–H and O–H groups in total. The van der Waals surface area contributed by atoms with Crippen LogP contribution in [0.25, 0.3) is 11.0 Å². The highest BCUT2D eigenvalue weighted by atomic mass is 19.1. The van der Waals surface area contributed by atoms with E-state index < -0.39 is 5.54 Å². The molecule has 9 nitrogen and oxygen atoms in total. The molecule has 172 valence electrons. The number of carbonyl (C=O) groups is 1. The molecular formula is C22H31FN8O. The molecule has 3 aromatic rings. The number of H-pyrrole nitrogens is 1. The number of piperidine rings is 1. The summed E-state index contributed by atoms with van der Waals surface area (Å²) < 4.78 is 15.4. The van der Waals surface area contributed by atoms with E-state index in [1.54, 1.807) is 13.0 Å².